The number of carbonyl (C=O) groups excluding carboxylic acids is 1. The average Bonchev–Trinajstić information content (AvgIpc) is 2.40. The van der Waals surface area contributed by atoms with Crippen molar-refractivity contribution in [3.05, 3.63) is 28.2 Å². The van der Waals surface area contributed by atoms with Gasteiger partial charge in [-0.05, 0) is 18.2 Å². The largest absolute Gasteiger partial charge is 0.373 e. The van der Waals surface area contributed by atoms with E-state index in [9.17, 15) is 4.79 Å². The fraction of sp³-hybridized carbons (Fsp3) is 0.417. The van der Waals surface area contributed by atoms with E-state index in [0.717, 1.165) is 12.2 Å². The molecule has 1 aromatic rings. The van der Waals surface area contributed by atoms with Crippen molar-refractivity contribution in [2.75, 3.05) is 31.1 Å². The van der Waals surface area contributed by atoms with Gasteiger partial charge in [0.1, 0.15) is 0 Å². The van der Waals surface area contributed by atoms with Crippen LogP contribution in [0.3, 0.4) is 0 Å². The molecular weight excluding hydrogens is 289 g/mol. The number of nitrogens with two attached hydrogens (primary N) is 1. The summed E-state index contributed by atoms with van der Waals surface area (Å²) in [6, 6.07) is 4.97. The van der Waals surface area contributed by atoms with Crippen LogP contribution in [-0.2, 0) is 4.74 Å². The van der Waals surface area contributed by atoms with Gasteiger partial charge >= 0.3 is 6.03 Å². The van der Waals surface area contributed by atoms with Crippen molar-refractivity contribution >= 4 is 34.9 Å². The lowest BCUT2D eigenvalue weighted by Gasteiger charge is -2.34. The molecule has 1 aromatic carbocycles. The lowest BCUT2D eigenvalue weighted by molar-refractivity contribution is 0.0426. The Morgan fingerprint density at radius 2 is 2.26 bits per heavy atom. The van der Waals surface area contributed by atoms with Crippen LogP contribution in [-0.4, -0.2) is 38.4 Å². The summed E-state index contributed by atoms with van der Waals surface area (Å²) in [6.07, 6.45) is -0.0873. The molecule has 104 valence electrons. The Morgan fingerprint density at radius 3 is 2.95 bits per heavy atom. The maximum absolute atomic E-state index is 10.7. The molecule has 1 heterocycles. The number of ether oxygens (including phenoxy) is 1. The molecule has 3 N–H and O–H groups in total. The highest BCUT2D eigenvalue weighted by Crippen LogP contribution is 2.28. The molecule has 2 amide bonds. The van der Waals surface area contributed by atoms with E-state index in [1.165, 1.54) is 0 Å². The lowest BCUT2D eigenvalue weighted by atomic mass is 10.2. The van der Waals surface area contributed by atoms with Gasteiger partial charge in [-0.15, -0.1) is 0 Å². The van der Waals surface area contributed by atoms with Crippen molar-refractivity contribution in [1.82, 2.24) is 5.32 Å². The number of hydrogen-bond acceptors (Lipinski definition) is 3. The average molecular weight is 304 g/mol. The minimum atomic E-state index is -0.546. The minimum absolute atomic E-state index is 0.0873. The molecule has 5 nitrogen and oxygen atoms in total. The van der Waals surface area contributed by atoms with E-state index in [2.05, 4.69) is 10.2 Å². The Morgan fingerprint density at radius 1 is 1.47 bits per heavy atom. The highest BCUT2D eigenvalue weighted by molar-refractivity contribution is 6.42. The number of nitrogens with zero attached hydrogens (tertiary/aromatic N) is 1. The molecule has 1 aliphatic rings. The third kappa shape index (κ3) is 3.89. The van der Waals surface area contributed by atoms with Gasteiger partial charge in [0.05, 0.1) is 22.8 Å². The number of urea groups is 1. The molecule has 1 saturated heterocycles. The zero-order chi connectivity index (χ0) is 13.8. The topological polar surface area (TPSA) is 67.6 Å². The van der Waals surface area contributed by atoms with Crippen LogP contribution >= 0.6 is 23.2 Å². The molecule has 1 aliphatic heterocycles. The van der Waals surface area contributed by atoms with E-state index in [1.807, 2.05) is 12.1 Å². The Bertz CT molecular complexity index is 470. The summed E-state index contributed by atoms with van der Waals surface area (Å²) in [5, 5.41) is 3.61. The van der Waals surface area contributed by atoms with E-state index in [1.54, 1.807) is 6.07 Å². The minimum Gasteiger partial charge on any atom is -0.373 e. The molecule has 2 rings (SSSR count). The number of benzene rings is 1. The Balaban J connectivity index is 2.00. The van der Waals surface area contributed by atoms with Gasteiger partial charge in [-0.2, -0.15) is 0 Å². The number of halogens is 2. The standard InChI is InChI=1S/C12H15Cl2N3O2/c13-10-2-1-8(5-11(10)14)17-3-4-19-9(7-17)6-16-12(15)18/h1-2,5,9H,3-4,6-7H2,(H3,15,16,18)/t9-/m0/s1. The van der Waals surface area contributed by atoms with E-state index in [-0.39, 0.29) is 6.10 Å². The summed E-state index contributed by atoms with van der Waals surface area (Å²) in [6.45, 7) is 2.42. The Kier molecular flexibility index (Phi) is 4.74. The summed E-state index contributed by atoms with van der Waals surface area (Å²) in [5.41, 5.74) is 6.03. The number of morpholine rings is 1. The third-order valence-corrected chi connectivity index (χ3v) is 3.65. The smallest absolute Gasteiger partial charge is 0.312 e. The molecule has 0 radical (unpaired) electrons. The van der Waals surface area contributed by atoms with Gasteiger partial charge in [-0.3, -0.25) is 0 Å². The van der Waals surface area contributed by atoms with E-state index in [4.69, 9.17) is 33.7 Å². The maximum Gasteiger partial charge on any atom is 0.312 e. The van der Waals surface area contributed by atoms with Gasteiger partial charge in [0.2, 0.25) is 0 Å². The third-order valence-electron chi connectivity index (χ3n) is 2.91. The van der Waals surface area contributed by atoms with Crippen molar-refractivity contribution in [2.24, 2.45) is 5.73 Å². The van der Waals surface area contributed by atoms with Crippen molar-refractivity contribution in [1.29, 1.82) is 0 Å². The van der Waals surface area contributed by atoms with Crippen LogP contribution in [0.15, 0.2) is 18.2 Å². The fourth-order valence-corrected chi connectivity index (χ4v) is 2.27. The number of primary amides is 1. The molecule has 0 bridgehead atoms. The summed E-state index contributed by atoms with van der Waals surface area (Å²) >= 11 is 11.9. The number of hydrogen-bond donors (Lipinski definition) is 2. The quantitative estimate of drug-likeness (QED) is 0.896. The predicted octanol–water partition coefficient (Wildman–Crippen LogP) is 1.87. The van der Waals surface area contributed by atoms with Gasteiger partial charge in [-0.1, -0.05) is 23.2 Å². The first-order valence-electron chi connectivity index (χ1n) is 5.91. The molecule has 1 atom stereocenters. The SMILES string of the molecule is NC(=O)NC[C@H]1CN(c2ccc(Cl)c(Cl)c2)CCO1. The van der Waals surface area contributed by atoms with E-state index in [0.29, 0.717) is 29.7 Å². The fourth-order valence-electron chi connectivity index (χ4n) is 1.97. The van der Waals surface area contributed by atoms with Crippen molar-refractivity contribution in [2.45, 2.75) is 6.10 Å². The second kappa shape index (κ2) is 6.32. The molecule has 0 saturated carbocycles. The molecule has 0 unspecified atom stereocenters. The molecule has 19 heavy (non-hydrogen) atoms. The van der Waals surface area contributed by atoms with Gasteiger partial charge < -0.3 is 20.7 Å². The van der Waals surface area contributed by atoms with Crippen LogP contribution < -0.4 is 16.0 Å². The zero-order valence-corrected chi connectivity index (χ0v) is 11.7. The van der Waals surface area contributed by atoms with Gasteiger partial charge in [-0.25, -0.2) is 4.79 Å². The van der Waals surface area contributed by atoms with E-state index < -0.39 is 6.03 Å². The second-order valence-electron chi connectivity index (χ2n) is 4.28. The van der Waals surface area contributed by atoms with Crippen LogP contribution in [0.2, 0.25) is 10.0 Å². The maximum atomic E-state index is 10.7. The van der Waals surface area contributed by atoms with Crippen molar-refractivity contribution < 1.29 is 9.53 Å². The summed E-state index contributed by atoms with van der Waals surface area (Å²) in [5.74, 6) is 0. The van der Waals surface area contributed by atoms with Crippen molar-refractivity contribution in [3.63, 3.8) is 0 Å². The summed E-state index contributed by atoms with van der Waals surface area (Å²) in [7, 11) is 0. The van der Waals surface area contributed by atoms with Gasteiger partial charge in [0.25, 0.3) is 0 Å². The van der Waals surface area contributed by atoms with E-state index >= 15 is 0 Å². The number of anilines is 1. The van der Waals surface area contributed by atoms with Crippen LogP contribution in [0.25, 0.3) is 0 Å². The normalized spacial score (nSPS) is 19.3. The first kappa shape index (κ1) is 14.2. The number of carbonyl (C=O) groups is 1. The molecular formula is C12H15Cl2N3O2. The highest BCUT2D eigenvalue weighted by atomic mass is 35.5. The molecule has 0 aromatic heterocycles. The monoisotopic (exact) mass is 303 g/mol. The highest BCUT2D eigenvalue weighted by Gasteiger charge is 2.21. The Labute approximate surface area is 121 Å². The second-order valence-corrected chi connectivity index (χ2v) is 5.10. The summed E-state index contributed by atoms with van der Waals surface area (Å²) in [4.78, 5) is 12.8. The number of amides is 2. The van der Waals surface area contributed by atoms with Crippen LogP contribution in [0.4, 0.5) is 10.5 Å². The predicted molar refractivity (Wildman–Crippen MR) is 76.0 cm³/mol. The molecule has 0 spiro atoms. The van der Waals surface area contributed by atoms with Crippen LogP contribution in [0.5, 0.6) is 0 Å². The number of nitrogens with one attached hydrogen (secondary N) is 1. The molecule has 7 heteroatoms. The summed E-state index contributed by atoms with van der Waals surface area (Å²) < 4.78 is 5.56. The number of rotatable bonds is 3. The van der Waals surface area contributed by atoms with Crippen molar-refractivity contribution in [3.8, 4) is 0 Å². The first-order chi connectivity index (χ1) is 9.06. The zero-order valence-electron chi connectivity index (χ0n) is 10.2. The first-order valence-corrected chi connectivity index (χ1v) is 6.67. The van der Waals surface area contributed by atoms with Crippen LogP contribution in [0, 0.1) is 0 Å². The molecule has 1 fully saturated rings. The van der Waals surface area contributed by atoms with Gasteiger partial charge in [0.15, 0.2) is 0 Å². The van der Waals surface area contributed by atoms with Gasteiger partial charge in [0, 0.05) is 25.3 Å². The Hall–Kier alpha value is -1.17. The van der Waals surface area contributed by atoms with Crippen LogP contribution in [0.1, 0.15) is 0 Å². The molecule has 0 aliphatic carbocycles. The lowest BCUT2D eigenvalue weighted by Crippen LogP contribution is -2.48.